The number of hydrogen-bond donors (Lipinski definition) is 0. The van der Waals surface area contributed by atoms with Crippen molar-refractivity contribution in [2.45, 2.75) is 6.61 Å². The Kier molecular flexibility index (Phi) is 6.53. The van der Waals surface area contributed by atoms with Gasteiger partial charge in [0.25, 0.3) is 0 Å². The molecule has 0 unspecified atom stereocenters. The quantitative estimate of drug-likeness (QED) is 0.460. The Morgan fingerprint density at radius 1 is 0.893 bits per heavy atom. The van der Waals surface area contributed by atoms with Crippen molar-refractivity contribution in [2.75, 3.05) is 13.7 Å². The number of rotatable bonds is 9. The summed E-state index contributed by atoms with van der Waals surface area (Å²) in [5, 5.41) is 0. The van der Waals surface area contributed by atoms with Crippen molar-refractivity contribution in [3.63, 3.8) is 0 Å². The van der Waals surface area contributed by atoms with Gasteiger partial charge in [-0.2, -0.15) is 0 Å². The van der Waals surface area contributed by atoms with Gasteiger partial charge in [-0.3, -0.25) is 0 Å². The molecule has 28 heavy (non-hydrogen) atoms. The van der Waals surface area contributed by atoms with E-state index >= 15 is 0 Å². The minimum Gasteiger partial charge on any atom is -0.497 e. The summed E-state index contributed by atoms with van der Waals surface area (Å²) in [4.78, 5) is 0. The van der Waals surface area contributed by atoms with E-state index in [0.717, 1.165) is 39.5 Å². The highest BCUT2D eigenvalue weighted by atomic mass is 16.5. The summed E-state index contributed by atoms with van der Waals surface area (Å²) < 4.78 is 17.1. The number of methoxy groups -OCH3 is 1. The zero-order chi connectivity index (χ0) is 19.8. The van der Waals surface area contributed by atoms with Crippen molar-refractivity contribution < 1.29 is 14.2 Å². The summed E-state index contributed by atoms with van der Waals surface area (Å²) in [7, 11) is 1.65. The Bertz CT molecular complexity index is 928. The van der Waals surface area contributed by atoms with Crippen LogP contribution in [0.3, 0.4) is 0 Å². The molecule has 0 N–H and O–H groups in total. The van der Waals surface area contributed by atoms with E-state index in [2.05, 4.69) is 13.2 Å². The van der Waals surface area contributed by atoms with E-state index in [0.29, 0.717) is 13.2 Å². The largest absolute Gasteiger partial charge is 0.497 e. The molecule has 0 aromatic heterocycles. The molecule has 3 aromatic rings. The Morgan fingerprint density at radius 2 is 1.61 bits per heavy atom. The zero-order valence-corrected chi connectivity index (χ0v) is 16.1. The fourth-order valence-electron chi connectivity index (χ4n) is 2.71. The van der Waals surface area contributed by atoms with Crippen LogP contribution in [0.2, 0.25) is 0 Å². The second-order valence-corrected chi connectivity index (χ2v) is 6.30. The van der Waals surface area contributed by atoms with E-state index in [1.165, 1.54) is 0 Å². The minimum absolute atomic E-state index is 0.370. The van der Waals surface area contributed by atoms with Crippen molar-refractivity contribution >= 4 is 11.6 Å². The summed E-state index contributed by atoms with van der Waals surface area (Å²) in [5.74, 6) is 2.28. The van der Waals surface area contributed by atoms with Gasteiger partial charge < -0.3 is 14.2 Å². The van der Waals surface area contributed by atoms with Gasteiger partial charge in [0.2, 0.25) is 0 Å². The Hall–Kier alpha value is -3.46. The van der Waals surface area contributed by atoms with E-state index < -0.39 is 0 Å². The number of benzene rings is 3. The molecule has 0 heterocycles. The fourth-order valence-corrected chi connectivity index (χ4v) is 2.71. The van der Waals surface area contributed by atoms with Gasteiger partial charge in [0, 0.05) is 11.6 Å². The summed E-state index contributed by atoms with van der Waals surface area (Å²) in [6.07, 6.45) is 1.77. The molecule has 3 heteroatoms. The van der Waals surface area contributed by atoms with Crippen molar-refractivity contribution in [1.82, 2.24) is 0 Å². The van der Waals surface area contributed by atoms with Crippen molar-refractivity contribution in [1.29, 1.82) is 0 Å². The van der Waals surface area contributed by atoms with Gasteiger partial charge in [-0.05, 0) is 41.0 Å². The summed E-state index contributed by atoms with van der Waals surface area (Å²) >= 11 is 0. The van der Waals surface area contributed by atoms with Crippen LogP contribution >= 0.6 is 0 Å². The van der Waals surface area contributed by atoms with Crippen LogP contribution < -0.4 is 14.2 Å². The van der Waals surface area contributed by atoms with E-state index in [9.17, 15) is 0 Å². The molecule has 0 saturated heterocycles. The number of ether oxygens (including phenoxy) is 3. The molecule has 0 spiro atoms. The van der Waals surface area contributed by atoms with Gasteiger partial charge in [0.15, 0.2) is 0 Å². The molecular weight excluding hydrogens is 348 g/mol. The first-order valence-corrected chi connectivity index (χ1v) is 9.08. The van der Waals surface area contributed by atoms with Crippen LogP contribution in [0.5, 0.6) is 17.2 Å². The van der Waals surface area contributed by atoms with Gasteiger partial charge in [-0.15, -0.1) is 0 Å². The molecule has 0 aliphatic rings. The van der Waals surface area contributed by atoms with Crippen LogP contribution in [0, 0.1) is 0 Å². The molecule has 142 valence electrons. The topological polar surface area (TPSA) is 27.7 Å². The third-order valence-corrected chi connectivity index (χ3v) is 4.35. The van der Waals surface area contributed by atoms with Crippen LogP contribution in [0.1, 0.15) is 16.7 Å². The molecule has 0 saturated carbocycles. The molecule has 0 fully saturated rings. The minimum atomic E-state index is 0.370. The average Bonchev–Trinajstić information content (AvgIpc) is 2.76. The highest BCUT2D eigenvalue weighted by Gasteiger charge is 2.07. The van der Waals surface area contributed by atoms with E-state index in [1.54, 1.807) is 13.2 Å². The van der Waals surface area contributed by atoms with Gasteiger partial charge in [0.1, 0.15) is 30.5 Å². The molecule has 3 rings (SSSR count). The predicted octanol–water partition coefficient (Wildman–Crippen LogP) is 6.01. The van der Waals surface area contributed by atoms with Gasteiger partial charge in [0.05, 0.1) is 7.11 Å². The first-order valence-electron chi connectivity index (χ1n) is 9.08. The molecule has 0 atom stereocenters. The Balaban J connectivity index is 1.65. The maximum absolute atomic E-state index is 6.01. The molecule has 0 amide bonds. The Morgan fingerprint density at radius 3 is 2.29 bits per heavy atom. The van der Waals surface area contributed by atoms with Crippen molar-refractivity contribution in [3.05, 3.63) is 103 Å². The van der Waals surface area contributed by atoms with Crippen LogP contribution in [0.15, 0.2) is 86.0 Å². The van der Waals surface area contributed by atoms with Crippen LogP contribution in [0.4, 0.5) is 0 Å². The van der Waals surface area contributed by atoms with E-state index in [-0.39, 0.29) is 0 Å². The first-order chi connectivity index (χ1) is 13.7. The normalized spacial score (nSPS) is 10.2. The second-order valence-electron chi connectivity index (χ2n) is 6.30. The van der Waals surface area contributed by atoms with Crippen LogP contribution in [0.25, 0.3) is 11.6 Å². The summed E-state index contributed by atoms with van der Waals surface area (Å²) in [6, 6.07) is 23.6. The standard InChI is InChI=1S/C25H24O3/c1-4-21-10-15-24(27-18-20-8-6-5-7-9-20)16-25(21)28-17-19(2)22-11-13-23(26-3)14-12-22/h4-16H,1-2,17-18H2,3H3. The molecule has 0 radical (unpaired) electrons. The molecule has 3 nitrogen and oxygen atoms in total. The lowest BCUT2D eigenvalue weighted by atomic mass is 10.1. The second kappa shape index (κ2) is 9.47. The van der Waals surface area contributed by atoms with Gasteiger partial charge in [-0.1, -0.05) is 61.7 Å². The zero-order valence-electron chi connectivity index (χ0n) is 16.1. The van der Waals surface area contributed by atoms with Gasteiger partial charge >= 0.3 is 0 Å². The van der Waals surface area contributed by atoms with E-state index in [1.807, 2.05) is 72.8 Å². The molecule has 3 aromatic carbocycles. The Labute approximate surface area is 166 Å². The van der Waals surface area contributed by atoms with E-state index in [4.69, 9.17) is 14.2 Å². The molecule has 0 aliphatic heterocycles. The lowest BCUT2D eigenvalue weighted by molar-refractivity contribution is 0.302. The number of hydrogen-bond acceptors (Lipinski definition) is 3. The monoisotopic (exact) mass is 372 g/mol. The maximum Gasteiger partial charge on any atom is 0.130 e. The third-order valence-electron chi connectivity index (χ3n) is 4.35. The highest BCUT2D eigenvalue weighted by molar-refractivity contribution is 5.65. The smallest absolute Gasteiger partial charge is 0.130 e. The SMILES string of the molecule is C=Cc1ccc(OCc2ccccc2)cc1OCC(=C)c1ccc(OC)cc1. The van der Waals surface area contributed by atoms with Gasteiger partial charge in [-0.25, -0.2) is 0 Å². The lowest BCUT2D eigenvalue weighted by Crippen LogP contribution is -2.02. The highest BCUT2D eigenvalue weighted by Crippen LogP contribution is 2.28. The average molecular weight is 372 g/mol. The van der Waals surface area contributed by atoms with Crippen molar-refractivity contribution in [2.24, 2.45) is 0 Å². The first kappa shape index (κ1) is 19.3. The molecular formula is C25H24O3. The molecule has 0 aliphatic carbocycles. The summed E-state index contributed by atoms with van der Waals surface area (Å²) in [6.45, 7) is 8.87. The predicted molar refractivity (Wildman–Crippen MR) is 115 cm³/mol. The fraction of sp³-hybridized carbons (Fsp3) is 0.120. The van der Waals surface area contributed by atoms with Crippen LogP contribution in [-0.2, 0) is 6.61 Å². The summed E-state index contributed by atoms with van der Waals surface area (Å²) in [5.41, 5.74) is 3.92. The molecule has 0 bridgehead atoms. The van der Waals surface area contributed by atoms with Crippen molar-refractivity contribution in [3.8, 4) is 17.2 Å². The lowest BCUT2D eigenvalue weighted by Gasteiger charge is -2.14. The maximum atomic E-state index is 6.01. The van der Waals surface area contributed by atoms with Crippen LogP contribution in [-0.4, -0.2) is 13.7 Å². The third kappa shape index (κ3) is 5.04.